The van der Waals surface area contributed by atoms with E-state index in [1.165, 1.54) is 6.92 Å². The first-order valence-corrected chi connectivity index (χ1v) is 4.37. The molecule has 0 aromatic carbocycles. The van der Waals surface area contributed by atoms with E-state index >= 15 is 0 Å². The summed E-state index contributed by atoms with van der Waals surface area (Å²) in [5.41, 5.74) is -0.857. The van der Waals surface area contributed by atoms with Crippen molar-refractivity contribution in [3.63, 3.8) is 0 Å². The summed E-state index contributed by atoms with van der Waals surface area (Å²) in [6.07, 6.45) is 1.02. The molecule has 0 bridgehead atoms. The van der Waals surface area contributed by atoms with Gasteiger partial charge in [-0.2, -0.15) is 0 Å². The van der Waals surface area contributed by atoms with E-state index in [1.54, 1.807) is 0 Å². The molecule has 1 fully saturated rings. The number of hydrogen-bond donors (Lipinski definition) is 1. The second kappa shape index (κ2) is 3.87. The minimum atomic E-state index is -0.869. The summed E-state index contributed by atoms with van der Waals surface area (Å²) in [7, 11) is 0. The summed E-state index contributed by atoms with van der Waals surface area (Å²) >= 11 is 0. The van der Waals surface area contributed by atoms with Crippen molar-refractivity contribution in [1.82, 2.24) is 0 Å². The highest BCUT2D eigenvalue weighted by atomic mass is 16.5. The standard InChI is InChI=1S/C9H14O4/c1-7(10)6-9(8(11)12)2-4-13-5-3-9/h2-6H2,1H3,(H,11,12). The summed E-state index contributed by atoms with van der Waals surface area (Å²) in [5.74, 6) is -0.935. The molecule has 1 saturated heterocycles. The van der Waals surface area contributed by atoms with Crippen LogP contribution in [0.4, 0.5) is 0 Å². The number of ether oxygens (including phenoxy) is 1. The Labute approximate surface area is 76.9 Å². The SMILES string of the molecule is CC(=O)CC1(C(=O)O)CCOCC1. The van der Waals surface area contributed by atoms with Crippen molar-refractivity contribution in [1.29, 1.82) is 0 Å². The maximum absolute atomic E-state index is 11.0. The second-order valence-electron chi connectivity index (χ2n) is 3.58. The third-order valence-corrected chi connectivity index (χ3v) is 2.49. The third-order valence-electron chi connectivity index (χ3n) is 2.49. The van der Waals surface area contributed by atoms with Gasteiger partial charge in [-0.25, -0.2) is 0 Å². The first-order chi connectivity index (χ1) is 6.07. The van der Waals surface area contributed by atoms with Crippen LogP contribution in [0, 0.1) is 5.41 Å². The number of aliphatic carboxylic acids is 1. The van der Waals surface area contributed by atoms with Gasteiger partial charge in [-0.1, -0.05) is 0 Å². The molecule has 0 atom stereocenters. The van der Waals surface area contributed by atoms with Crippen molar-refractivity contribution >= 4 is 11.8 Å². The number of ketones is 1. The normalized spacial score (nSPS) is 21.0. The molecule has 4 heteroatoms. The van der Waals surface area contributed by atoms with Crippen LogP contribution in [0.15, 0.2) is 0 Å². The Morgan fingerprint density at radius 3 is 2.31 bits per heavy atom. The van der Waals surface area contributed by atoms with Crippen LogP contribution in [0.2, 0.25) is 0 Å². The van der Waals surface area contributed by atoms with Gasteiger partial charge in [-0.3, -0.25) is 9.59 Å². The van der Waals surface area contributed by atoms with Crippen molar-refractivity contribution in [2.75, 3.05) is 13.2 Å². The summed E-state index contributed by atoms with van der Waals surface area (Å²) in [6, 6.07) is 0. The van der Waals surface area contributed by atoms with Crippen LogP contribution in [0.1, 0.15) is 26.2 Å². The summed E-state index contributed by atoms with van der Waals surface area (Å²) < 4.78 is 5.08. The van der Waals surface area contributed by atoms with Crippen LogP contribution in [-0.4, -0.2) is 30.1 Å². The fourth-order valence-electron chi connectivity index (χ4n) is 1.70. The molecule has 0 aromatic rings. The van der Waals surface area contributed by atoms with Gasteiger partial charge >= 0.3 is 5.97 Å². The quantitative estimate of drug-likeness (QED) is 0.709. The molecular weight excluding hydrogens is 172 g/mol. The fourth-order valence-corrected chi connectivity index (χ4v) is 1.70. The zero-order chi connectivity index (χ0) is 9.90. The lowest BCUT2D eigenvalue weighted by Crippen LogP contribution is -2.38. The summed E-state index contributed by atoms with van der Waals surface area (Å²) in [6.45, 7) is 2.32. The highest BCUT2D eigenvalue weighted by Gasteiger charge is 2.40. The van der Waals surface area contributed by atoms with Crippen molar-refractivity contribution in [2.24, 2.45) is 5.41 Å². The van der Waals surface area contributed by atoms with Crippen LogP contribution in [0.5, 0.6) is 0 Å². The van der Waals surface area contributed by atoms with Crippen LogP contribution < -0.4 is 0 Å². The Bertz CT molecular complexity index is 216. The maximum Gasteiger partial charge on any atom is 0.310 e. The third kappa shape index (κ3) is 2.28. The lowest BCUT2D eigenvalue weighted by atomic mass is 9.76. The summed E-state index contributed by atoms with van der Waals surface area (Å²) in [4.78, 5) is 21.9. The number of carbonyl (C=O) groups excluding carboxylic acids is 1. The van der Waals surface area contributed by atoms with Crippen molar-refractivity contribution in [3.8, 4) is 0 Å². The molecule has 1 aliphatic heterocycles. The number of Topliss-reactive ketones (excluding diaryl/α,β-unsaturated/α-hetero) is 1. The van der Waals surface area contributed by atoms with Gasteiger partial charge in [0.15, 0.2) is 0 Å². The molecule has 0 aromatic heterocycles. The highest BCUT2D eigenvalue weighted by Crippen LogP contribution is 2.34. The molecule has 0 saturated carbocycles. The molecule has 0 unspecified atom stereocenters. The van der Waals surface area contributed by atoms with Crippen molar-refractivity contribution < 1.29 is 19.4 Å². The zero-order valence-electron chi connectivity index (χ0n) is 7.71. The van der Waals surface area contributed by atoms with Gasteiger partial charge in [0.1, 0.15) is 5.78 Å². The molecule has 0 amide bonds. The number of carboxylic acid groups (broad SMARTS) is 1. The predicted octanol–water partition coefficient (Wildman–Crippen LogP) is 0.847. The van der Waals surface area contributed by atoms with E-state index in [4.69, 9.17) is 9.84 Å². The first kappa shape index (κ1) is 10.2. The van der Waals surface area contributed by atoms with Gasteiger partial charge in [-0.15, -0.1) is 0 Å². The van der Waals surface area contributed by atoms with Gasteiger partial charge in [-0.05, 0) is 19.8 Å². The lowest BCUT2D eigenvalue weighted by molar-refractivity contribution is -0.157. The van der Waals surface area contributed by atoms with E-state index in [0.717, 1.165) is 0 Å². The number of hydrogen-bond acceptors (Lipinski definition) is 3. The van der Waals surface area contributed by atoms with Crippen LogP contribution >= 0.6 is 0 Å². The lowest BCUT2D eigenvalue weighted by Gasteiger charge is -2.32. The Kier molecular flexibility index (Phi) is 3.03. The molecule has 1 rings (SSSR count). The average molecular weight is 186 g/mol. The van der Waals surface area contributed by atoms with E-state index in [0.29, 0.717) is 26.1 Å². The molecule has 74 valence electrons. The molecule has 0 aliphatic carbocycles. The Balaban J connectivity index is 2.73. The van der Waals surface area contributed by atoms with Gasteiger partial charge in [0.25, 0.3) is 0 Å². The monoisotopic (exact) mass is 186 g/mol. The van der Waals surface area contributed by atoms with E-state index in [2.05, 4.69) is 0 Å². The molecular formula is C9H14O4. The molecule has 1 heterocycles. The van der Waals surface area contributed by atoms with Gasteiger partial charge < -0.3 is 9.84 Å². The molecule has 0 radical (unpaired) electrons. The van der Waals surface area contributed by atoms with E-state index in [1.807, 2.05) is 0 Å². The van der Waals surface area contributed by atoms with Crippen LogP contribution in [0.3, 0.4) is 0 Å². The Morgan fingerprint density at radius 2 is 1.92 bits per heavy atom. The van der Waals surface area contributed by atoms with Crippen LogP contribution in [-0.2, 0) is 14.3 Å². The largest absolute Gasteiger partial charge is 0.481 e. The highest BCUT2D eigenvalue weighted by molar-refractivity contribution is 5.84. The van der Waals surface area contributed by atoms with Gasteiger partial charge in [0.2, 0.25) is 0 Å². The van der Waals surface area contributed by atoms with Crippen molar-refractivity contribution in [2.45, 2.75) is 26.2 Å². The molecule has 1 aliphatic rings. The molecule has 0 spiro atoms. The van der Waals surface area contributed by atoms with Crippen molar-refractivity contribution in [3.05, 3.63) is 0 Å². The fraction of sp³-hybridized carbons (Fsp3) is 0.778. The number of carbonyl (C=O) groups is 2. The number of carboxylic acids is 1. The Hall–Kier alpha value is -0.900. The minimum Gasteiger partial charge on any atom is -0.481 e. The molecule has 13 heavy (non-hydrogen) atoms. The van der Waals surface area contributed by atoms with E-state index in [-0.39, 0.29) is 12.2 Å². The van der Waals surface area contributed by atoms with Gasteiger partial charge in [0.05, 0.1) is 5.41 Å². The molecule has 1 N–H and O–H groups in total. The average Bonchev–Trinajstić information content (AvgIpc) is 2.04. The van der Waals surface area contributed by atoms with E-state index < -0.39 is 11.4 Å². The predicted molar refractivity (Wildman–Crippen MR) is 45.4 cm³/mol. The molecule has 4 nitrogen and oxygen atoms in total. The smallest absolute Gasteiger partial charge is 0.310 e. The maximum atomic E-state index is 11.0. The first-order valence-electron chi connectivity index (χ1n) is 4.37. The topological polar surface area (TPSA) is 63.6 Å². The number of rotatable bonds is 3. The zero-order valence-corrected chi connectivity index (χ0v) is 7.71. The van der Waals surface area contributed by atoms with Gasteiger partial charge in [0, 0.05) is 19.6 Å². The summed E-state index contributed by atoms with van der Waals surface area (Å²) in [5, 5.41) is 9.03. The Morgan fingerprint density at radius 1 is 1.38 bits per heavy atom. The van der Waals surface area contributed by atoms with E-state index in [9.17, 15) is 9.59 Å². The second-order valence-corrected chi connectivity index (χ2v) is 3.58. The minimum absolute atomic E-state index is 0.0655. The van der Waals surface area contributed by atoms with Crippen LogP contribution in [0.25, 0.3) is 0 Å².